The molecule has 1 aromatic heterocycles. The van der Waals surface area contributed by atoms with Crippen LogP contribution in [-0.4, -0.2) is 102 Å². The number of aliphatic carboxylic acids is 1. The van der Waals surface area contributed by atoms with Crippen LogP contribution in [0.25, 0.3) is 0 Å². The minimum Gasteiger partial charge on any atom is -0.475 e. The van der Waals surface area contributed by atoms with Crippen LogP contribution in [0.15, 0.2) is 12.3 Å². The summed E-state index contributed by atoms with van der Waals surface area (Å²) in [6, 6.07) is 2.38. The number of hydrogen-bond acceptors (Lipinski definition) is 6. The Bertz CT molecular complexity index is 778. The second kappa shape index (κ2) is 11.8. The van der Waals surface area contributed by atoms with E-state index in [9.17, 15) is 18.0 Å². The Morgan fingerprint density at radius 3 is 2.36 bits per heavy atom. The summed E-state index contributed by atoms with van der Waals surface area (Å²) in [4.78, 5) is 26.0. The van der Waals surface area contributed by atoms with Gasteiger partial charge in [-0.1, -0.05) is 0 Å². The maximum atomic E-state index is 12.6. The number of halogens is 3. The fraction of sp³-hybridized carbons (Fsp3) is 0.762. The third kappa shape index (κ3) is 7.97. The zero-order valence-electron chi connectivity index (χ0n) is 19.3. The van der Waals surface area contributed by atoms with Crippen molar-refractivity contribution in [2.24, 2.45) is 12.5 Å². The topological polar surface area (TPSA) is 97.1 Å². The van der Waals surface area contributed by atoms with E-state index in [2.05, 4.69) is 10.00 Å². The highest BCUT2D eigenvalue weighted by Gasteiger charge is 2.45. The van der Waals surface area contributed by atoms with E-state index in [1.807, 2.05) is 24.2 Å². The number of carboxylic acid groups (broad SMARTS) is 1. The number of alkyl halides is 3. The van der Waals surface area contributed by atoms with Crippen LogP contribution >= 0.6 is 0 Å². The van der Waals surface area contributed by atoms with Gasteiger partial charge in [-0.05, 0) is 30.7 Å². The van der Waals surface area contributed by atoms with Crippen molar-refractivity contribution >= 4 is 11.9 Å². The molecule has 2 fully saturated rings. The van der Waals surface area contributed by atoms with Crippen LogP contribution in [0, 0.1) is 5.41 Å². The van der Waals surface area contributed by atoms with Crippen molar-refractivity contribution in [3.05, 3.63) is 18.0 Å². The molecule has 9 nitrogen and oxygen atoms in total. The summed E-state index contributed by atoms with van der Waals surface area (Å²) in [7, 11) is 5.41. The van der Waals surface area contributed by atoms with Gasteiger partial charge in [0.05, 0.1) is 25.3 Å². The van der Waals surface area contributed by atoms with Gasteiger partial charge in [-0.15, -0.1) is 0 Å². The minimum absolute atomic E-state index is 0.196. The van der Waals surface area contributed by atoms with E-state index in [1.165, 1.54) is 0 Å². The summed E-state index contributed by atoms with van der Waals surface area (Å²) in [6.45, 7) is 5.27. The number of hydrogen-bond donors (Lipinski definition) is 1. The van der Waals surface area contributed by atoms with Gasteiger partial charge < -0.3 is 19.5 Å². The Morgan fingerprint density at radius 1 is 1.24 bits per heavy atom. The molecular formula is C21H33F3N4O5. The molecule has 2 saturated heterocycles. The first-order valence-corrected chi connectivity index (χ1v) is 10.8. The number of ether oxygens (including phenoxy) is 2. The second-order valence-corrected chi connectivity index (χ2v) is 8.62. The first-order chi connectivity index (χ1) is 15.5. The van der Waals surface area contributed by atoms with Gasteiger partial charge in [0.1, 0.15) is 0 Å². The fourth-order valence-electron chi connectivity index (χ4n) is 4.50. The Balaban J connectivity index is 0.000000479. The predicted octanol–water partition coefficient (Wildman–Crippen LogP) is 1.57. The van der Waals surface area contributed by atoms with Gasteiger partial charge in [-0.25, -0.2) is 4.79 Å². The van der Waals surface area contributed by atoms with Crippen molar-refractivity contribution in [2.75, 3.05) is 53.6 Å². The molecule has 0 aliphatic carbocycles. The van der Waals surface area contributed by atoms with Crippen LogP contribution in [0.1, 0.15) is 25.0 Å². The first kappa shape index (κ1) is 27.1. The molecule has 1 amide bonds. The van der Waals surface area contributed by atoms with E-state index in [0.29, 0.717) is 17.9 Å². The molecule has 12 heteroatoms. The lowest BCUT2D eigenvalue weighted by Crippen LogP contribution is -2.45. The van der Waals surface area contributed by atoms with Crippen molar-refractivity contribution < 1.29 is 37.3 Å². The number of aryl methyl sites for hydroxylation is 1. The largest absolute Gasteiger partial charge is 0.490 e. The van der Waals surface area contributed by atoms with Gasteiger partial charge in [0.15, 0.2) is 0 Å². The fourth-order valence-corrected chi connectivity index (χ4v) is 4.50. The van der Waals surface area contributed by atoms with E-state index < -0.39 is 12.1 Å². The van der Waals surface area contributed by atoms with Crippen LogP contribution < -0.4 is 0 Å². The average Bonchev–Trinajstić information content (AvgIpc) is 3.30. The number of carbonyl (C=O) groups excluding carboxylic acids is 1. The van der Waals surface area contributed by atoms with Gasteiger partial charge in [-0.2, -0.15) is 18.3 Å². The standard InChI is InChI=1S/C19H32N4O3.C2HF3O2/c1-21-7-4-16(20-21)12-18(24)22-8-5-19(6-9-22)13-17(14-26-3)23(15-19)10-11-25-2;3-2(4,5)1(6)7/h4,7,17H,5-6,8-15H2,1-3H3;(H,6,7). The number of methoxy groups -OCH3 is 2. The van der Waals surface area contributed by atoms with Gasteiger partial charge in [0.2, 0.25) is 5.91 Å². The normalized spacial score (nSPS) is 20.5. The predicted molar refractivity (Wildman–Crippen MR) is 113 cm³/mol. The number of carbonyl (C=O) groups is 2. The summed E-state index contributed by atoms with van der Waals surface area (Å²) < 4.78 is 44.2. The van der Waals surface area contributed by atoms with Gasteiger partial charge in [0, 0.05) is 59.7 Å². The molecule has 1 unspecified atom stereocenters. The molecule has 1 atom stereocenters. The van der Waals surface area contributed by atoms with Crippen molar-refractivity contribution in [1.29, 1.82) is 0 Å². The van der Waals surface area contributed by atoms with Crippen molar-refractivity contribution in [2.45, 2.75) is 37.9 Å². The zero-order valence-corrected chi connectivity index (χ0v) is 19.3. The van der Waals surface area contributed by atoms with Crippen LogP contribution in [0.2, 0.25) is 0 Å². The Hall–Kier alpha value is -2.18. The maximum absolute atomic E-state index is 12.6. The Morgan fingerprint density at radius 2 is 1.88 bits per heavy atom. The summed E-state index contributed by atoms with van der Waals surface area (Å²) >= 11 is 0. The molecule has 1 N–H and O–H groups in total. The summed E-state index contributed by atoms with van der Waals surface area (Å²) in [5.41, 5.74) is 1.17. The maximum Gasteiger partial charge on any atom is 0.490 e. The SMILES string of the molecule is COCCN1CC2(CCN(C(=O)Cc3ccn(C)n3)CC2)CC1COC.O=C(O)C(F)(F)F. The quantitative estimate of drug-likeness (QED) is 0.636. The first-order valence-electron chi connectivity index (χ1n) is 10.8. The number of nitrogens with zero attached hydrogens (tertiary/aromatic N) is 4. The van der Waals surface area contributed by atoms with Crippen LogP contribution in [0.5, 0.6) is 0 Å². The summed E-state index contributed by atoms with van der Waals surface area (Å²) in [5, 5.41) is 11.4. The molecule has 2 aliphatic rings. The Labute approximate surface area is 191 Å². The third-order valence-corrected chi connectivity index (χ3v) is 6.19. The molecule has 1 spiro atoms. The summed E-state index contributed by atoms with van der Waals surface area (Å²) in [6.07, 6.45) is 0.513. The summed E-state index contributed by atoms with van der Waals surface area (Å²) in [5.74, 6) is -2.56. The molecule has 3 heterocycles. The van der Waals surface area contributed by atoms with Crippen LogP contribution in [-0.2, 0) is 32.5 Å². The zero-order chi connectivity index (χ0) is 24.6. The highest BCUT2D eigenvalue weighted by Crippen LogP contribution is 2.43. The van der Waals surface area contributed by atoms with Crippen molar-refractivity contribution in [1.82, 2.24) is 19.6 Å². The minimum atomic E-state index is -5.08. The van der Waals surface area contributed by atoms with Gasteiger partial charge >= 0.3 is 12.1 Å². The highest BCUT2D eigenvalue weighted by atomic mass is 19.4. The van der Waals surface area contributed by atoms with Crippen LogP contribution in [0.4, 0.5) is 13.2 Å². The number of carboxylic acids is 1. The molecule has 188 valence electrons. The smallest absolute Gasteiger partial charge is 0.475 e. The third-order valence-electron chi connectivity index (χ3n) is 6.19. The highest BCUT2D eigenvalue weighted by molar-refractivity contribution is 5.78. The molecule has 0 aromatic carbocycles. The monoisotopic (exact) mass is 478 g/mol. The average molecular weight is 479 g/mol. The molecular weight excluding hydrogens is 445 g/mol. The van der Waals surface area contributed by atoms with E-state index in [-0.39, 0.29) is 5.91 Å². The van der Waals surface area contributed by atoms with E-state index in [1.54, 1.807) is 18.9 Å². The number of likely N-dealkylation sites (tertiary alicyclic amines) is 2. The number of aromatic nitrogens is 2. The second-order valence-electron chi connectivity index (χ2n) is 8.62. The van der Waals surface area contributed by atoms with Crippen molar-refractivity contribution in [3.63, 3.8) is 0 Å². The van der Waals surface area contributed by atoms with E-state index in [4.69, 9.17) is 19.4 Å². The molecule has 33 heavy (non-hydrogen) atoms. The number of rotatable bonds is 7. The number of piperidine rings is 1. The molecule has 0 radical (unpaired) electrons. The lowest BCUT2D eigenvalue weighted by molar-refractivity contribution is -0.192. The number of amides is 1. The molecule has 3 rings (SSSR count). The van der Waals surface area contributed by atoms with Gasteiger partial charge in [-0.3, -0.25) is 14.4 Å². The lowest BCUT2D eigenvalue weighted by atomic mass is 9.76. The molecule has 2 aliphatic heterocycles. The van der Waals surface area contributed by atoms with Crippen LogP contribution in [0.3, 0.4) is 0 Å². The van der Waals surface area contributed by atoms with Gasteiger partial charge in [0.25, 0.3) is 0 Å². The molecule has 0 saturated carbocycles. The molecule has 0 bridgehead atoms. The Kier molecular flexibility index (Phi) is 9.68. The van der Waals surface area contributed by atoms with Crippen molar-refractivity contribution in [3.8, 4) is 0 Å². The van der Waals surface area contributed by atoms with E-state index in [0.717, 1.165) is 64.3 Å². The lowest BCUT2D eigenvalue weighted by Gasteiger charge is -2.39. The molecule has 1 aromatic rings. The van der Waals surface area contributed by atoms with E-state index >= 15 is 0 Å².